The second-order valence-electron chi connectivity index (χ2n) is 18.1. The highest BCUT2D eigenvalue weighted by molar-refractivity contribution is 7.90. The molecular formula is C45H71N9O10S. The van der Waals surface area contributed by atoms with E-state index in [2.05, 4.69) is 36.3 Å². The van der Waals surface area contributed by atoms with Crippen LogP contribution in [0, 0.1) is 26.7 Å². The van der Waals surface area contributed by atoms with E-state index in [1.165, 1.54) is 7.05 Å². The van der Waals surface area contributed by atoms with Gasteiger partial charge in [0, 0.05) is 38.5 Å². The summed E-state index contributed by atoms with van der Waals surface area (Å²) in [7, 11) is -2.72. The largest absolute Gasteiger partial charge is 0.487 e. The fourth-order valence-corrected chi connectivity index (χ4v) is 8.71. The van der Waals surface area contributed by atoms with Crippen molar-refractivity contribution in [2.45, 2.75) is 135 Å². The van der Waals surface area contributed by atoms with E-state index in [1.54, 1.807) is 48.5 Å². The van der Waals surface area contributed by atoms with Crippen molar-refractivity contribution in [3.05, 3.63) is 58.1 Å². The number of amides is 5. The molecule has 10 N–H and O–H groups in total. The summed E-state index contributed by atoms with van der Waals surface area (Å²) in [6.07, 6.45) is 0.857. The minimum absolute atomic E-state index is 0.00477. The number of ether oxygens (including phenoxy) is 3. The quantitative estimate of drug-likeness (QED) is 0.0442. The predicted octanol–water partition coefficient (Wildman–Crippen LogP) is 1.07. The van der Waals surface area contributed by atoms with Crippen LogP contribution < -0.4 is 47.5 Å². The van der Waals surface area contributed by atoms with Crippen LogP contribution in [0.3, 0.4) is 0 Å². The molecule has 5 amide bonds. The van der Waals surface area contributed by atoms with Gasteiger partial charge in [0.15, 0.2) is 0 Å². The van der Waals surface area contributed by atoms with Gasteiger partial charge in [0.1, 0.15) is 42.1 Å². The summed E-state index contributed by atoms with van der Waals surface area (Å²) >= 11 is 0. The van der Waals surface area contributed by atoms with E-state index in [-0.39, 0.29) is 56.4 Å². The van der Waals surface area contributed by atoms with Crippen molar-refractivity contribution in [2.24, 2.45) is 22.4 Å². The van der Waals surface area contributed by atoms with E-state index in [1.807, 2.05) is 51.1 Å². The Morgan fingerprint density at radius 3 is 2.11 bits per heavy atom. The summed E-state index contributed by atoms with van der Waals surface area (Å²) in [4.78, 5) is 71.8. The van der Waals surface area contributed by atoms with Crippen LogP contribution in [0.5, 0.6) is 5.75 Å². The van der Waals surface area contributed by atoms with E-state index in [0.717, 1.165) is 16.7 Å². The Hall–Kier alpha value is -5.31. The lowest BCUT2D eigenvalue weighted by atomic mass is 9.94. The lowest BCUT2D eigenvalue weighted by Gasteiger charge is -2.29. The standard InChI is InChI=1S/C45H71N9O10S/c1-26(2)36(42(59)52-34(24-63-44(6,7)8)41(58)51-33(39(56)48-11)22-30-16-13-12-14-17-30)53-40(57)32(50-35(55)25-62-21-19-46)18-15-20-49-43(47)54-65(60,61)38-28(4)27(3)37-31(29(38)5)23-45(9,10)64-37/h12-14,16-17,26,32-34,36H,15,18-25,46H2,1-11H3,(H,48,56)(H,50,55)(H,51,58)(H,52,59)(H,53,57)(H3,47,49,54)/t32-,33-,34-,36-/m0/s1. The number of sulfonamides is 1. The van der Waals surface area contributed by atoms with Crippen LogP contribution in [0.2, 0.25) is 0 Å². The van der Waals surface area contributed by atoms with E-state index >= 15 is 0 Å². The first-order valence-corrected chi connectivity index (χ1v) is 23.3. The highest BCUT2D eigenvalue weighted by atomic mass is 32.2. The van der Waals surface area contributed by atoms with Gasteiger partial charge >= 0.3 is 0 Å². The van der Waals surface area contributed by atoms with E-state index < -0.39 is 87.5 Å². The van der Waals surface area contributed by atoms with Gasteiger partial charge in [0.25, 0.3) is 10.0 Å². The summed E-state index contributed by atoms with van der Waals surface area (Å²) in [5.41, 5.74) is 13.8. The third-order valence-electron chi connectivity index (χ3n) is 10.6. The molecule has 3 rings (SSSR count). The van der Waals surface area contributed by atoms with Gasteiger partial charge in [-0.25, -0.2) is 13.1 Å². The maximum absolute atomic E-state index is 14.0. The smallest absolute Gasteiger partial charge is 0.264 e. The normalized spacial score (nSPS) is 15.4. The molecule has 0 spiro atoms. The maximum atomic E-state index is 14.0. The number of hydrogen-bond acceptors (Lipinski definition) is 12. The Labute approximate surface area is 383 Å². The molecule has 1 aliphatic heterocycles. The lowest BCUT2D eigenvalue weighted by molar-refractivity contribution is -0.137. The monoisotopic (exact) mass is 930 g/mol. The topological polar surface area (TPSA) is 284 Å². The van der Waals surface area contributed by atoms with Gasteiger partial charge < -0.3 is 52.3 Å². The van der Waals surface area contributed by atoms with Crippen molar-refractivity contribution >= 4 is 45.5 Å². The van der Waals surface area contributed by atoms with Gasteiger partial charge in [-0.1, -0.05) is 44.2 Å². The van der Waals surface area contributed by atoms with Gasteiger partial charge in [0.2, 0.25) is 35.5 Å². The molecule has 0 aromatic heterocycles. The number of fused-ring (bicyclic) bond motifs is 1. The third-order valence-corrected chi connectivity index (χ3v) is 12.2. The minimum atomic E-state index is -4.17. The van der Waals surface area contributed by atoms with Crippen LogP contribution in [-0.2, 0) is 56.3 Å². The highest BCUT2D eigenvalue weighted by Gasteiger charge is 2.37. The molecule has 20 heteroatoms. The fourth-order valence-electron chi connectivity index (χ4n) is 7.19. The molecule has 0 unspecified atom stereocenters. The number of aliphatic imine (C=N–C) groups is 1. The number of guanidine groups is 1. The Kier molecular flexibility index (Phi) is 19.7. The Morgan fingerprint density at radius 1 is 0.877 bits per heavy atom. The zero-order chi connectivity index (χ0) is 48.9. The molecule has 19 nitrogen and oxygen atoms in total. The van der Waals surface area contributed by atoms with E-state index in [4.69, 9.17) is 25.7 Å². The first-order valence-electron chi connectivity index (χ1n) is 21.8. The minimum Gasteiger partial charge on any atom is -0.487 e. The number of nitrogens with zero attached hydrogens (tertiary/aromatic N) is 1. The molecule has 4 atom stereocenters. The molecule has 0 fully saturated rings. The van der Waals surface area contributed by atoms with Crippen LogP contribution in [0.4, 0.5) is 0 Å². The van der Waals surface area contributed by atoms with Gasteiger partial charge in [-0.05, 0) is 96.4 Å². The number of carbonyl (C=O) groups excluding carboxylic acids is 5. The predicted molar refractivity (Wildman–Crippen MR) is 247 cm³/mol. The van der Waals surface area contributed by atoms with Crippen molar-refractivity contribution in [3.63, 3.8) is 0 Å². The zero-order valence-electron chi connectivity index (χ0n) is 39.7. The number of nitrogens with two attached hydrogens (primary N) is 2. The molecule has 0 saturated carbocycles. The number of carbonyl (C=O) groups is 5. The number of likely N-dealkylation sites (N-methyl/N-ethyl adjacent to an activating group) is 1. The Balaban J connectivity index is 1.78. The number of benzene rings is 2. The Morgan fingerprint density at radius 2 is 1.51 bits per heavy atom. The molecular weight excluding hydrogens is 859 g/mol. The van der Waals surface area contributed by atoms with E-state index in [9.17, 15) is 32.4 Å². The summed E-state index contributed by atoms with van der Waals surface area (Å²) in [6, 6.07) is 4.46. The maximum Gasteiger partial charge on any atom is 0.264 e. The van der Waals surface area contributed by atoms with Crippen LogP contribution >= 0.6 is 0 Å². The van der Waals surface area contributed by atoms with Crippen molar-refractivity contribution in [2.75, 3.05) is 40.0 Å². The number of rotatable bonds is 23. The average molecular weight is 930 g/mol. The summed E-state index contributed by atoms with van der Waals surface area (Å²) in [5.74, 6) is -3.38. The van der Waals surface area contributed by atoms with Crippen LogP contribution in [0.25, 0.3) is 0 Å². The van der Waals surface area contributed by atoms with Gasteiger partial charge in [0.05, 0.1) is 23.7 Å². The third kappa shape index (κ3) is 16.3. The van der Waals surface area contributed by atoms with Crippen molar-refractivity contribution < 1.29 is 46.6 Å². The summed E-state index contributed by atoms with van der Waals surface area (Å²) in [5, 5.41) is 13.4. The molecule has 0 bridgehead atoms. The molecule has 0 saturated heterocycles. The molecule has 1 heterocycles. The molecule has 362 valence electrons. The first kappa shape index (κ1) is 54.0. The van der Waals surface area contributed by atoms with Gasteiger partial charge in [-0.3, -0.25) is 29.0 Å². The first-order chi connectivity index (χ1) is 30.3. The van der Waals surface area contributed by atoms with Crippen LogP contribution in [-0.4, -0.2) is 119 Å². The van der Waals surface area contributed by atoms with Crippen molar-refractivity contribution in [3.8, 4) is 5.75 Å². The SMILES string of the molecule is CNC(=O)[C@H](Cc1ccccc1)NC(=O)[C@H](COC(C)(C)C)NC(=O)[C@@H](NC(=O)[C@H](CCCN=C(N)NS(=O)(=O)c1c(C)c(C)c2c(c1C)CC(C)(C)O2)NC(=O)COCCN)C(C)C. The summed E-state index contributed by atoms with van der Waals surface area (Å²) < 4.78 is 47.1. The van der Waals surface area contributed by atoms with Crippen LogP contribution in [0.15, 0.2) is 40.2 Å². The van der Waals surface area contributed by atoms with Crippen LogP contribution in [0.1, 0.15) is 89.1 Å². The fraction of sp³-hybridized carbons (Fsp3) is 0.600. The molecule has 2 aromatic carbocycles. The molecule has 65 heavy (non-hydrogen) atoms. The van der Waals surface area contributed by atoms with Crippen molar-refractivity contribution in [1.82, 2.24) is 31.3 Å². The highest BCUT2D eigenvalue weighted by Crippen LogP contribution is 2.43. The van der Waals surface area contributed by atoms with E-state index in [0.29, 0.717) is 23.3 Å². The molecule has 0 aliphatic carbocycles. The Bertz CT molecular complexity index is 2140. The second kappa shape index (κ2) is 23.7. The lowest BCUT2D eigenvalue weighted by Crippen LogP contribution is -2.60. The van der Waals surface area contributed by atoms with Crippen molar-refractivity contribution in [1.29, 1.82) is 0 Å². The molecule has 1 aliphatic rings. The molecule has 2 aromatic rings. The zero-order valence-corrected chi connectivity index (χ0v) is 40.5. The summed E-state index contributed by atoms with van der Waals surface area (Å²) in [6.45, 7) is 17.5. The molecule has 0 radical (unpaired) electrons. The van der Waals surface area contributed by atoms with Gasteiger partial charge in [-0.2, -0.15) is 0 Å². The average Bonchev–Trinajstić information content (AvgIpc) is 3.56. The number of hydrogen-bond donors (Lipinski definition) is 8. The van der Waals surface area contributed by atoms with Gasteiger partial charge in [-0.15, -0.1) is 0 Å². The second-order valence-corrected chi connectivity index (χ2v) is 19.7. The number of nitrogens with one attached hydrogen (secondary N) is 6.